The molecule has 0 aliphatic heterocycles. The van der Waals surface area contributed by atoms with E-state index in [0.29, 0.717) is 18.0 Å². The Bertz CT molecular complexity index is 1440. The zero-order valence-electron chi connectivity index (χ0n) is 24.5. The van der Waals surface area contributed by atoms with E-state index in [-0.39, 0.29) is 23.1 Å². The van der Waals surface area contributed by atoms with E-state index in [2.05, 4.69) is 5.32 Å². The van der Waals surface area contributed by atoms with E-state index in [4.69, 9.17) is 9.47 Å². The summed E-state index contributed by atoms with van der Waals surface area (Å²) >= 11 is 0. The van der Waals surface area contributed by atoms with E-state index in [9.17, 15) is 18.0 Å². The molecule has 0 aliphatic rings. The summed E-state index contributed by atoms with van der Waals surface area (Å²) in [4.78, 5) is 28.3. The van der Waals surface area contributed by atoms with Gasteiger partial charge in [0, 0.05) is 19.2 Å². The summed E-state index contributed by atoms with van der Waals surface area (Å²) in [7, 11) is -1.37. The zero-order chi connectivity index (χ0) is 30.2. The van der Waals surface area contributed by atoms with Crippen LogP contribution in [0, 0.1) is 13.8 Å². The maximum absolute atomic E-state index is 14.2. The van der Waals surface area contributed by atoms with Crippen molar-refractivity contribution >= 4 is 27.5 Å². The Morgan fingerprint density at radius 3 is 2.12 bits per heavy atom. The third kappa shape index (κ3) is 7.79. The molecule has 41 heavy (non-hydrogen) atoms. The van der Waals surface area contributed by atoms with Crippen LogP contribution in [-0.4, -0.2) is 58.5 Å². The van der Waals surface area contributed by atoms with Gasteiger partial charge in [-0.15, -0.1) is 0 Å². The Morgan fingerprint density at radius 1 is 0.902 bits per heavy atom. The Balaban J connectivity index is 2.09. The van der Waals surface area contributed by atoms with Crippen molar-refractivity contribution in [2.45, 2.75) is 51.6 Å². The van der Waals surface area contributed by atoms with Crippen molar-refractivity contribution in [3.8, 4) is 11.5 Å². The number of nitrogens with zero attached hydrogens (tertiary/aromatic N) is 2. The predicted octanol–water partition coefficient (Wildman–Crippen LogP) is 4.46. The van der Waals surface area contributed by atoms with Gasteiger partial charge in [-0.1, -0.05) is 43.3 Å². The molecule has 3 rings (SSSR count). The molecule has 3 aromatic carbocycles. The van der Waals surface area contributed by atoms with Crippen LogP contribution in [0.1, 0.15) is 37.0 Å². The number of amides is 2. The van der Waals surface area contributed by atoms with Crippen molar-refractivity contribution in [1.82, 2.24) is 10.2 Å². The Morgan fingerprint density at radius 2 is 1.54 bits per heavy atom. The van der Waals surface area contributed by atoms with Crippen LogP contribution in [0.2, 0.25) is 0 Å². The number of rotatable bonds is 13. The molecule has 10 heteroatoms. The van der Waals surface area contributed by atoms with Crippen molar-refractivity contribution in [2.24, 2.45) is 0 Å². The van der Waals surface area contributed by atoms with E-state index in [1.165, 1.54) is 37.3 Å². The van der Waals surface area contributed by atoms with E-state index >= 15 is 0 Å². The number of hydrogen-bond donors (Lipinski definition) is 1. The second kappa shape index (κ2) is 14.0. The number of hydrogen-bond acceptors (Lipinski definition) is 6. The van der Waals surface area contributed by atoms with Crippen LogP contribution in [0.3, 0.4) is 0 Å². The second-order valence-corrected chi connectivity index (χ2v) is 11.7. The van der Waals surface area contributed by atoms with Crippen LogP contribution < -0.4 is 19.1 Å². The fraction of sp³-hybridized carbons (Fsp3) is 0.355. The maximum atomic E-state index is 14.2. The molecule has 0 saturated heterocycles. The molecule has 0 radical (unpaired) electrons. The standard InChI is InChI=1S/C31H39N3O6S/c1-7-15-32-31(36)24(4)33(20-25-11-9-8-10-12-25)30(35)21-34(26-17-22(2)16-23(3)18-26)41(37,38)27-13-14-28(39-5)29(19-27)40-6/h8-14,16-19,24H,7,15,20-21H2,1-6H3,(H,32,36). The number of aryl methyl sites for hydroxylation is 2. The first-order chi connectivity index (χ1) is 19.5. The third-order valence-corrected chi connectivity index (χ3v) is 8.40. The Kier molecular flexibility index (Phi) is 10.8. The summed E-state index contributed by atoms with van der Waals surface area (Å²) in [6, 6.07) is 18.1. The van der Waals surface area contributed by atoms with Crippen molar-refractivity contribution in [3.05, 3.63) is 83.4 Å². The summed E-state index contributed by atoms with van der Waals surface area (Å²) in [5.74, 6) is -0.207. The average molecular weight is 582 g/mol. The normalized spacial score (nSPS) is 11.9. The molecule has 1 unspecified atom stereocenters. The molecule has 0 fully saturated rings. The van der Waals surface area contributed by atoms with Crippen LogP contribution in [0.25, 0.3) is 0 Å². The number of ether oxygens (including phenoxy) is 2. The quantitative estimate of drug-likeness (QED) is 0.320. The van der Waals surface area contributed by atoms with Crippen molar-refractivity contribution in [2.75, 3.05) is 31.6 Å². The number of benzene rings is 3. The van der Waals surface area contributed by atoms with Gasteiger partial charge in [0.05, 0.1) is 24.8 Å². The topological polar surface area (TPSA) is 105 Å². The number of methoxy groups -OCH3 is 2. The molecular weight excluding hydrogens is 542 g/mol. The predicted molar refractivity (Wildman–Crippen MR) is 160 cm³/mol. The van der Waals surface area contributed by atoms with Gasteiger partial charge in [0.15, 0.2) is 11.5 Å². The van der Waals surface area contributed by atoms with E-state index in [1.807, 2.05) is 57.2 Å². The highest BCUT2D eigenvalue weighted by atomic mass is 32.2. The number of nitrogens with one attached hydrogen (secondary N) is 1. The third-order valence-electron chi connectivity index (χ3n) is 6.63. The molecule has 2 amide bonds. The Hall–Kier alpha value is -4.05. The fourth-order valence-electron chi connectivity index (χ4n) is 4.49. The smallest absolute Gasteiger partial charge is 0.264 e. The summed E-state index contributed by atoms with van der Waals surface area (Å²) in [6.45, 7) is 7.41. The zero-order valence-corrected chi connectivity index (χ0v) is 25.3. The lowest BCUT2D eigenvalue weighted by atomic mass is 10.1. The SMILES string of the molecule is CCCNC(=O)C(C)N(Cc1ccccc1)C(=O)CN(c1cc(C)cc(C)c1)S(=O)(=O)c1ccc(OC)c(OC)c1. The first kappa shape index (κ1) is 31.5. The second-order valence-electron chi connectivity index (χ2n) is 9.85. The fourth-order valence-corrected chi connectivity index (χ4v) is 5.90. The highest BCUT2D eigenvalue weighted by Gasteiger charge is 2.33. The molecule has 0 aliphatic carbocycles. The monoisotopic (exact) mass is 581 g/mol. The summed E-state index contributed by atoms with van der Waals surface area (Å²) in [6.07, 6.45) is 0.745. The summed E-state index contributed by atoms with van der Waals surface area (Å²) < 4.78 is 40.0. The minimum atomic E-state index is -4.26. The molecule has 1 N–H and O–H groups in total. The molecule has 9 nitrogen and oxygen atoms in total. The van der Waals surface area contributed by atoms with Crippen LogP contribution in [0.4, 0.5) is 5.69 Å². The summed E-state index contributed by atoms with van der Waals surface area (Å²) in [5, 5.41) is 2.84. The van der Waals surface area contributed by atoms with Gasteiger partial charge in [-0.25, -0.2) is 8.42 Å². The first-order valence-corrected chi connectivity index (χ1v) is 14.9. The van der Waals surface area contributed by atoms with Crippen molar-refractivity contribution in [1.29, 1.82) is 0 Å². The van der Waals surface area contributed by atoms with Gasteiger partial charge in [-0.2, -0.15) is 0 Å². The minimum absolute atomic E-state index is 0.0644. The van der Waals surface area contributed by atoms with E-state index in [1.54, 1.807) is 19.1 Å². The first-order valence-electron chi connectivity index (χ1n) is 13.5. The number of anilines is 1. The maximum Gasteiger partial charge on any atom is 0.264 e. The molecule has 3 aromatic rings. The highest BCUT2D eigenvalue weighted by molar-refractivity contribution is 7.92. The van der Waals surface area contributed by atoms with Gasteiger partial charge >= 0.3 is 0 Å². The lowest BCUT2D eigenvalue weighted by Gasteiger charge is -2.32. The van der Waals surface area contributed by atoms with Gasteiger partial charge < -0.3 is 19.7 Å². The molecular formula is C31H39N3O6S. The molecule has 0 saturated carbocycles. The van der Waals surface area contributed by atoms with E-state index < -0.39 is 28.5 Å². The Labute approximate surface area is 243 Å². The van der Waals surface area contributed by atoms with Gasteiger partial charge in [0.25, 0.3) is 10.0 Å². The lowest BCUT2D eigenvalue weighted by molar-refractivity contribution is -0.139. The van der Waals surface area contributed by atoms with Crippen LogP contribution in [0.5, 0.6) is 11.5 Å². The average Bonchev–Trinajstić information content (AvgIpc) is 2.96. The molecule has 0 bridgehead atoms. The minimum Gasteiger partial charge on any atom is -0.493 e. The van der Waals surface area contributed by atoms with Crippen LogP contribution >= 0.6 is 0 Å². The molecule has 0 spiro atoms. The number of sulfonamides is 1. The molecule has 1 atom stereocenters. The van der Waals surface area contributed by atoms with Gasteiger partial charge in [0.1, 0.15) is 12.6 Å². The summed E-state index contributed by atoms with van der Waals surface area (Å²) in [5.41, 5.74) is 2.84. The van der Waals surface area contributed by atoms with E-state index in [0.717, 1.165) is 27.4 Å². The highest BCUT2D eigenvalue weighted by Crippen LogP contribution is 2.33. The van der Waals surface area contributed by atoms with Crippen LogP contribution in [0.15, 0.2) is 71.6 Å². The molecule has 0 heterocycles. The molecule has 220 valence electrons. The van der Waals surface area contributed by atoms with Gasteiger partial charge in [0.2, 0.25) is 11.8 Å². The lowest BCUT2D eigenvalue weighted by Crippen LogP contribution is -2.51. The van der Waals surface area contributed by atoms with Gasteiger partial charge in [-0.05, 0) is 68.1 Å². The van der Waals surface area contributed by atoms with Crippen molar-refractivity contribution < 1.29 is 27.5 Å². The van der Waals surface area contributed by atoms with Crippen molar-refractivity contribution in [3.63, 3.8) is 0 Å². The van der Waals surface area contributed by atoms with Crippen LogP contribution in [-0.2, 0) is 26.2 Å². The largest absolute Gasteiger partial charge is 0.493 e. The number of carbonyl (C=O) groups is 2. The molecule has 0 aromatic heterocycles. The number of carbonyl (C=O) groups excluding carboxylic acids is 2. The van der Waals surface area contributed by atoms with Gasteiger partial charge in [-0.3, -0.25) is 13.9 Å².